The predicted molar refractivity (Wildman–Crippen MR) is 55.8 cm³/mol. The Balaban J connectivity index is 4.34. The number of carboxylic acid groups (broad SMARTS) is 1. The second kappa shape index (κ2) is 6.20. The van der Waals surface area contributed by atoms with E-state index in [-0.39, 0.29) is 6.54 Å². The molecule has 102 valence electrons. The van der Waals surface area contributed by atoms with Gasteiger partial charge in [0.25, 0.3) is 0 Å². The Morgan fingerprint density at radius 1 is 1.35 bits per heavy atom. The molecule has 0 spiro atoms. The molecule has 7 heteroatoms. The van der Waals surface area contributed by atoms with Gasteiger partial charge in [0.05, 0.1) is 18.7 Å². The van der Waals surface area contributed by atoms with Crippen molar-refractivity contribution in [3.05, 3.63) is 0 Å². The largest absolute Gasteiger partial charge is 0.480 e. The summed E-state index contributed by atoms with van der Waals surface area (Å²) >= 11 is 0. The van der Waals surface area contributed by atoms with E-state index < -0.39 is 30.8 Å². The van der Waals surface area contributed by atoms with Crippen LogP contribution in [0.1, 0.15) is 20.3 Å². The molecule has 0 fully saturated rings. The van der Waals surface area contributed by atoms with Gasteiger partial charge in [-0.25, -0.2) is 0 Å². The third kappa shape index (κ3) is 8.93. The van der Waals surface area contributed by atoms with E-state index >= 15 is 0 Å². The summed E-state index contributed by atoms with van der Waals surface area (Å²) in [5, 5.41) is 8.53. The molecule has 0 saturated carbocycles. The number of hydrogen-bond donors (Lipinski definition) is 1. The van der Waals surface area contributed by atoms with Crippen molar-refractivity contribution in [2.24, 2.45) is 0 Å². The molecule has 0 aliphatic carbocycles. The van der Waals surface area contributed by atoms with E-state index in [4.69, 9.17) is 9.84 Å². The number of hydrogen-bond acceptors (Lipinski definition) is 3. The Morgan fingerprint density at radius 2 is 1.88 bits per heavy atom. The average molecular weight is 257 g/mol. The average Bonchev–Trinajstić information content (AvgIpc) is 2.11. The lowest BCUT2D eigenvalue weighted by Crippen LogP contribution is -2.40. The van der Waals surface area contributed by atoms with Gasteiger partial charge < -0.3 is 9.84 Å². The Morgan fingerprint density at radius 3 is 2.24 bits per heavy atom. The van der Waals surface area contributed by atoms with Crippen molar-refractivity contribution in [2.75, 3.05) is 26.7 Å². The van der Waals surface area contributed by atoms with Crippen molar-refractivity contribution in [3.8, 4) is 0 Å². The van der Waals surface area contributed by atoms with Crippen LogP contribution >= 0.6 is 0 Å². The number of nitrogens with zero attached hydrogens (tertiary/aromatic N) is 1. The molecule has 0 aromatic rings. The predicted octanol–water partition coefficient (Wildman–Crippen LogP) is 1.75. The quantitative estimate of drug-likeness (QED) is 0.755. The number of aliphatic carboxylic acids is 1. The molecule has 0 aromatic carbocycles. The van der Waals surface area contributed by atoms with Crippen LogP contribution in [0.2, 0.25) is 0 Å². The second-order valence-electron chi connectivity index (χ2n) is 4.43. The molecule has 0 heterocycles. The van der Waals surface area contributed by atoms with Gasteiger partial charge in [0.2, 0.25) is 0 Å². The number of ether oxygens (including phenoxy) is 1. The van der Waals surface area contributed by atoms with Gasteiger partial charge in [0.1, 0.15) is 0 Å². The molecule has 0 aromatic heterocycles. The summed E-state index contributed by atoms with van der Waals surface area (Å²) in [7, 11) is 1.46. The lowest BCUT2D eigenvalue weighted by Gasteiger charge is -2.28. The summed E-state index contributed by atoms with van der Waals surface area (Å²) in [4.78, 5) is 11.3. The van der Waals surface area contributed by atoms with E-state index in [1.807, 2.05) is 0 Å². The summed E-state index contributed by atoms with van der Waals surface area (Å²) < 4.78 is 41.6. The minimum atomic E-state index is -4.40. The first kappa shape index (κ1) is 16.2. The van der Waals surface area contributed by atoms with Crippen LogP contribution in [0, 0.1) is 0 Å². The summed E-state index contributed by atoms with van der Waals surface area (Å²) in [6.07, 6.45) is -4.07. The van der Waals surface area contributed by atoms with Crippen molar-refractivity contribution in [1.29, 1.82) is 0 Å². The minimum absolute atomic E-state index is 0.0205. The first-order valence-corrected chi connectivity index (χ1v) is 5.12. The number of halogens is 3. The molecule has 0 amide bonds. The lowest BCUT2D eigenvalue weighted by molar-refractivity contribution is -0.155. The molecular formula is C10H18F3NO3. The normalized spacial score (nSPS) is 13.1. The third-order valence-electron chi connectivity index (χ3n) is 2.34. The summed E-state index contributed by atoms with van der Waals surface area (Å²) in [6, 6.07) is 0. The fraction of sp³-hybridized carbons (Fsp3) is 0.900. The van der Waals surface area contributed by atoms with Gasteiger partial charge in [-0.15, -0.1) is 0 Å². The molecule has 0 aliphatic rings. The van der Waals surface area contributed by atoms with Gasteiger partial charge in [0.15, 0.2) is 0 Å². The Bertz CT molecular complexity index is 254. The molecule has 0 saturated heterocycles. The SMILES string of the molecule is COC(C)(C)CCN(CC(=O)O)CC(F)(F)F. The van der Waals surface area contributed by atoms with Crippen LogP contribution in [0.15, 0.2) is 0 Å². The molecule has 0 unspecified atom stereocenters. The van der Waals surface area contributed by atoms with E-state index in [1.54, 1.807) is 13.8 Å². The van der Waals surface area contributed by atoms with Crippen LogP contribution in [0.3, 0.4) is 0 Å². The van der Waals surface area contributed by atoms with Crippen LogP contribution in [0.4, 0.5) is 13.2 Å². The topological polar surface area (TPSA) is 49.8 Å². The van der Waals surface area contributed by atoms with Crippen LogP contribution in [-0.4, -0.2) is 54.5 Å². The standard InChI is InChI=1S/C10H18F3NO3/c1-9(2,17-3)4-5-14(6-8(15)16)7-10(11,12)13/h4-7H2,1-3H3,(H,15,16). The highest BCUT2D eigenvalue weighted by Gasteiger charge is 2.32. The maximum Gasteiger partial charge on any atom is 0.401 e. The number of rotatable bonds is 7. The first-order chi connectivity index (χ1) is 7.56. The van der Waals surface area contributed by atoms with Crippen LogP contribution in [0.25, 0.3) is 0 Å². The van der Waals surface area contributed by atoms with E-state index in [0.717, 1.165) is 4.90 Å². The van der Waals surface area contributed by atoms with Crippen molar-refractivity contribution in [2.45, 2.75) is 32.0 Å². The van der Waals surface area contributed by atoms with Crippen molar-refractivity contribution >= 4 is 5.97 Å². The van der Waals surface area contributed by atoms with Gasteiger partial charge in [-0.2, -0.15) is 13.2 Å². The number of alkyl halides is 3. The molecular weight excluding hydrogens is 239 g/mol. The van der Waals surface area contributed by atoms with Gasteiger partial charge in [0, 0.05) is 13.7 Å². The Kier molecular flexibility index (Phi) is 5.91. The fourth-order valence-corrected chi connectivity index (χ4v) is 1.19. The molecule has 17 heavy (non-hydrogen) atoms. The first-order valence-electron chi connectivity index (χ1n) is 5.12. The highest BCUT2D eigenvalue weighted by atomic mass is 19.4. The zero-order valence-corrected chi connectivity index (χ0v) is 10.2. The maximum atomic E-state index is 12.2. The van der Waals surface area contributed by atoms with Crippen molar-refractivity contribution in [3.63, 3.8) is 0 Å². The monoisotopic (exact) mass is 257 g/mol. The number of methoxy groups -OCH3 is 1. The van der Waals surface area contributed by atoms with Crippen LogP contribution < -0.4 is 0 Å². The van der Waals surface area contributed by atoms with E-state index in [1.165, 1.54) is 7.11 Å². The lowest BCUT2D eigenvalue weighted by atomic mass is 10.1. The molecule has 0 bridgehead atoms. The van der Waals surface area contributed by atoms with Crippen molar-refractivity contribution in [1.82, 2.24) is 4.90 Å². The van der Waals surface area contributed by atoms with Crippen LogP contribution in [0.5, 0.6) is 0 Å². The van der Waals surface area contributed by atoms with Crippen molar-refractivity contribution < 1.29 is 27.8 Å². The molecule has 4 nitrogen and oxygen atoms in total. The Labute approximate surface area is 98.3 Å². The molecule has 1 N–H and O–H groups in total. The van der Waals surface area contributed by atoms with Crippen LogP contribution in [-0.2, 0) is 9.53 Å². The zero-order valence-electron chi connectivity index (χ0n) is 10.2. The van der Waals surface area contributed by atoms with E-state index in [9.17, 15) is 18.0 Å². The second-order valence-corrected chi connectivity index (χ2v) is 4.43. The van der Waals surface area contributed by atoms with Gasteiger partial charge in [-0.05, 0) is 20.3 Å². The molecule has 0 rings (SSSR count). The van der Waals surface area contributed by atoms with E-state index in [2.05, 4.69) is 0 Å². The highest BCUT2D eigenvalue weighted by Crippen LogP contribution is 2.19. The van der Waals surface area contributed by atoms with Gasteiger partial charge in [-0.3, -0.25) is 9.69 Å². The number of carbonyl (C=O) groups is 1. The van der Waals surface area contributed by atoms with Gasteiger partial charge >= 0.3 is 12.1 Å². The highest BCUT2D eigenvalue weighted by molar-refractivity contribution is 5.69. The molecule has 0 radical (unpaired) electrons. The smallest absolute Gasteiger partial charge is 0.401 e. The van der Waals surface area contributed by atoms with Gasteiger partial charge in [-0.1, -0.05) is 0 Å². The fourth-order valence-electron chi connectivity index (χ4n) is 1.19. The third-order valence-corrected chi connectivity index (χ3v) is 2.34. The minimum Gasteiger partial charge on any atom is -0.480 e. The summed E-state index contributed by atoms with van der Waals surface area (Å²) in [6.45, 7) is 1.64. The Hall–Kier alpha value is -0.820. The number of carboxylic acids is 1. The van der Waals surface area contributed by atoms with E-state index in [0.29, 0.717) is 6.42 Å². The molecule has 0 aliphatic heterocycles. The molecule has 0 atom stereocenters. The zero-order chi connectivity index (χ0) is 13.7. The summed E-state index contributed by atoms with van der Waals surface area (Å²) in [5.41, 5.74) is -0.567. The maximum absolute atomic E-state index is 12.2. The summed E-state index contributed by atoms with van der Waals surface area (Å²) in [5.74, 6) is -1.27.